The molecule has 0 radical (unpaired) electrons. The summed E-state index contributed by atoms with van der Waals surface area (Å²) in [6, 6.07) is 11.2. The zero-order valence-corrected chi connectivity index (χ0v) is 22.2. The van der Waals surface area contributed by atoms with Crippen molar-refractivity contribution in [3.63, 3.8) is 0 Å². The van der Waals surface area contributed by atoms with Crippen LogP contribution in [0.15, 0.2) is 46.0 Å². The van der Waals surface area contributed by atoms with E-state index in [-0.39, 0.29) is 12.5 Å². The summed E-state index contributed by atoms with van der Waals surface area (Å²) in [5.74, 6) is 1.85. The van der Waals surface area contributed by atoms with Crippen molar-refractivity contribution in [3.8, 4) is 17.2 Å². The number of halogens is 2. The van der Waals surface area contributed by atoms with Gasteiger partial charge in [0.25, 0.3) is 0 Å². The average molecular weight is 569 g/mol. The van der Waals surface area contributed by atoms with Crippen LogP contribution in [0.1, 0.15) is 38.7 Å². The van der Waals surface area contributed by atoms with Gasteiger partial charge in [-0.15, -0.1) is 0 Å². The first-order valence-electron chi connectivity index (χ1n) is 11.6. The highest BCUT2D eigenvalue weighted by Gasteiger charge is 2.15. The third kappa shape index (κ3) is 9.00. The topological polar surface area (TPSA) is 101 Å². The van der Waals surface area contributed by atoms with Gasteiger partial charge in [-0.05, 0) is 57.9 Å². The number of nitrogens with zero attached hydrogens (tertiary/aromatic N) is 1. The van der Waals surface area contributed by atoms with Crippen LogP contribution < -0.4 is 25.0 Å². The fraction of sp³-hybridized carbons (Fsp3) is 0.440. The van der Waals surface area contributed by atoms with Crippen molar-refractivity contribution >= 4 is 39.1 Å². The number of benzene rings is 2. The number of hydrogen-bond donors (Lipinski definition) is 3. The highest BCUT2D eigenvalue weighted by atomic mass is 79.9. The van der Waals surface area contributed by atoms with Gasteiger partial charge in [0.1, 0.15) is 30.0 Å². The molecule has 35 heavy (non-hydrogen) atoms. The number of carbonyl (C=O) groups is 1. The summed E-state index contributed by atoms with van der Waals surface area (Å²) < 4.78 is 18.0. The number of hydrogen-bond acceptors (Lipinski definition) is 7. The Morgan fingerprint density at radius 3 is 2.51 bits per heavy atom. The number of hydrazone groups is 1. The Bertz CT molecular complexity index is 1030. The Hall–Kier alpha value is -2.33. The molecule has 1 atom stereocenters. The molecular formula is C25H31BrClN3O5. The number of aliphatic hydroxyl groups excluding tert-OH is 1. The Morgan fingerprint density at radius 1 is 1.11 bits per heavy atom. The molecule has 2 aromatic rings. The second-order valence-electron chi connectivity index (χ2n) is 8.41. The van der Waals surface area contributed by atoms with Crippen molar-refractivity contribution < 1.29 is 24.1 Å². The first kappa shape index (κ1) is 27.3. The molecule has 0 saturated carbocycles. The third-order valence-corrected chi connectivity index (χ3v) is 6.00. The third-order valence-electron chi connectivity index (χ3n) is 5.08. The number of rotatable bonds is 13. The lowest BCUT2D eigenvalue weighted by Crippen LogP contribution is -2.35. The maximum absolute atomic E-state index is 11.2. The number of ether oxygens (including phenoxy) is 3. The minimum atomic E-state index is -0.583. The Balaban J connectivity index is 1.39. The maximum atomic E-state index is 11.2. The number of nitrogens with one attached hydrogen (secondary N) is 2. The van der Waals surface area contributed by atoms with E-state index in [1.807, 2.05) is 44.2 Å². The van der Waals surface area contributed by atoms with Gasteiger partial charge in [0.05, 0.1) is 28.4 Å². The van der Waals surface area contributed by atoms with Gasteiger partial charge in [-0.2, -0.15) is 5.10 Å². The minimum absolute atomic E-state index is 0.0801. The molecule has 1 aliphatic rings. The number of aliphatic hydroxyl groups is 1. The van der Waals surface area contributed by atoms with Gasteiger partial charge in [0.2, 0.25) is 5.91 Å². The highest BCUT2D eigenvalue weighted by Crippen LogP contribution is 2.30. The summed E-state index contributed by atoms with van der Waals surface area (Å²) >= 11 is 9.86. The van der Waals surface area contributed by atoms with Crippen molar-refractivity contribution in [1.82, 2.24) is 10.7 Å². The van der Waals surface area contributed by atoms with Crippen LogP contribution in [0.5, 0.6) is 17.2 Å². The Labute approximate surface area is 219 Å². The molecule has 1 aliphatic heterocycles. The van der Waals surface area contributed by atoms with Crippen LogP contribution in [0.4, 0.5) is 0 Å². The van der Waals surface area contributed by atoms with Gasteiger partial charge in [-0.3, -0.25) is 4.79 Å². The molecule has 3 rings (SSSR count). The molecule has 2 aromatic carbocycles. The smallest absolute Gasteiger partial charge is 0.240 e. The molecule has 0 aliphatic carbocycles. The van der Waals surface area contributed by atoms with Crippen molar-refractivity contribution in [2.24, 2.45) is 5.10 Å². The van der Waals surface area contributed by atoms with Crippen LogP contribution in [0.2, 0.25) is 5.02 Å². The van der Waals surface area contributed by atoms with Crippen molar-refractivity contribution in [3.05, 3.63) is 51.5 Å². The molecule has 0 aromatic heterocycles. The van der Waals surface area contributed by atoms with E-state index in [4.69, 9.17) is 25.8 Å². The van der Waals surface area contributed by atoms with Gasteiger partial charge in [-0.25, -0.2) is 5.43 Å². The molecule has 1 amide bonds. The van der Waals surface area contributed by atoms with E-state index in [1.54, 1.807) is 6.07 Å². The van der Waals surface area contributed by atoms with Crippen molar-refractivity contribution in [1.29, 1.82) is 0 Å². The van der Waals surface area contributed by atoms with E-state index in [0.29, 0.717) is 67.3 Å². The monoisotopic (exact) mass is 567 g/mol. The van der Waals surface area contributed by atoms with Gasteiger partial charge in [0, 0.05) is 31.8 Å². The summed E-state index contributed by atoms with van der Waals surface area (Å²) in [6.45, 7) is 5.64. The van der Waals surface area contributed by atoms with E-state index < -0.39 is 6.10 Å². The van der Waals surface area contributed by atoms with Crippen LogP contribution in [0.3, 0.4) is 0 Å². The lowest BCUT2D eigenvalue weighted by molar-refractivity contribution is -0.121. The average Bonchev–Trinajstić information content (AvgIpc) is 2.83. The molecule has 0 spiro atoms. The highest BCUT2D eigenvalue weighted by molar-refractivity contribution is 9.10. The molecule has 190 valence electrons. The standard InChI is InChI=1S/C25H31BrClN3O5/c1-16(2)28-14-18(31)15-35-19-5-8-23(20(26)13-19)33-10-3-11-34-24-7-4-17(12-21(24)27)22-6-9-25(32)30-29-22/h4-5,7-8,12-13,16,18,28,31H,3,6,9-11,14-15H2,1-2H3,(H,30,32)/t18-/m0/s1. The zero-order valence-electron chi connectivity index (χ0n) is 19.9. The van der Waals surface area contributed by atoms with E-state index >= 15 is 0 Å². The van der Waals surface area contributed by atoms with Crippen LogP contribution >= 0.6 is 27.5 Å². The molecule has 10 heteroatoms. The van der Waals surface area contributed by atoms with Gasteiger partial charge >= 0.3 is 0 Å². The second-order valence-corrected chi connectivity index (χ2v) is 9.67. The lowest BCUT2D eigenvalue weighted by atomic mass is 10.0. The Kier molecular flexibility index (Phi) is 10.7. The summed E-state index contributed by atoms with van der Waals surface area (Å²) in [7, 11) is 0. The van der Waals surface area contributed by atoms with Gasteiger partial charge < -0.3 is 24.6 Å². The normalized spacial score (nSPS) is 14.3. The van der Waals surface area contributed by atoms with Crippen LogP contribution in [0.25, 0.3) is 0 Å². The molecule has 0 unspecified atom stereocenters. The molecule has 0 saturated heterocycles. The second kappa shape index (κ2) is 13.7. The fourth-order valence-corrected chi connectivity index (χ4v) is 3.92. The summed E-state index contributed by atoms with van der Waals surface area (Å²) in [5, 5.41) is 17.7. The first-order valence-corrected chi connectivity index (χ1v) is 12.7. The molecular weight excluding hydrogens is 538 g/mol. The summed E-state index contributed by atoms with van der Waals surface area (Å²) in [5.41, 5.74) is 4.15. The first-order chi connectivity index (χ1) is 16.8. The Morgan fingerprint density at radius 2 is 1.86 bits per heavy atom. The zero-order chi connectivity index (χ0) is 25.2. The lowest BCUT2D eigenvalue weighted by Gasteiger charge is -2.16. The molecule has 8 nitrogen and oxygen atoms in total. The van der Waals surface area contributed by atoms with Crippen molar-refractivity contribution in [2.75, 3.05) is 26.4 Å². The largest absolute Gasteiger partial charge is 0.492 e. The number of amides is 1. The van der Waals surface area contributed by atoms with Gasteiger partial charge in [0.15, 0.2) is 0 Å². The summed E-state index contributed by atoms with van der Waals surface area (Å²) in [4.78, 5) is 11.2. The van der Waals surface area contributed by atoms with Crippen LogP contribution in [0, 0.1) is 0 Å². The quantitative estimate of drug-likeness (QED) is 0.312. The van der Waals surface area contributed by atoms with E-state index in [9.17, 15) is 9.90 Å². The van der Waals surface area contributed by atoms with E-state index in [0.717, 1.165) is 15.7 Å². The molecule has 0 fully saturated rings. The molecule has 3 N–H and O–H groups in total. The van der Waals surface area contributed by atoms with Crippen LogP contribution in [-0.2, 0) is 4.79 Å². The summed E-state index contributed by atoms with van der Waals surface area (Å²) in [6.07, 6.45) is 1.08. The number of carbonyl (C=O) groups excluding carboxylic acids is 1. The maximum Gasteiger partial charge on any atom is 0.240 e. The van der Waals surface area contributed by atoms with Crippen molar-refractivity contribution in [2.45, 2.75) is 45.3 Å². The van der Waals surface area contributed by atoms with Crippen LogP contribution in [-0.4, -0.2) is 55.2 Å². The SMILES string of the molecule is CC(C)NC[C@H](O)COc1ccc(OCCCOc2ccc(C3=NNC(=O)CC3)cc2Cl)c(Br)c1. The van der Waals surface area contributed by atoms with E-state index in [1.165, 1.54) is 0 Å². The predicted octanol–water partition coefficient (Wildman–Crippen LogP) is 4.30. The van der Waals surface area contributed by atoms with Gasteiger partial charge in [-0.1, -0.05) is 25.4 Å². The predicted molar refractivity (Wildman–Crippen MR) is 140 cm³/mol. The fourth-order valence-electron chi connectivity index (χ4n) is 3.21. The molecule has 0 bridgehead atoms. The van der Waals surface area contributed by atoms with E-state index in [2.05, 4.69) is 31.8 Å². The molecule has 1 heterocycles. The minimum Gasteiger partial charge on any atom is -0.492 e.